The number of aliphatic carboxylic acids is 1. The molecule has 5 rings (SSSR count). The second kappa shape index (κ2) is 4.09. The normalized spacial score (nSPS) is 38.4. The molecule has 4 bridgehead atoms. The highest BCUT2D eigenvalue weighted by Gasteiger charge is 2.52. The SMILES string of the molecule is Cc1ncc(CC(=O)O)n1C12CC3CC(CC(C3)C1)C2. The van der Waals surface area contributed by atoms with Crippen molar-refractivity contribution in [1.29, 1.82) is 0 Å². The van der Waals surface area contributed by atoms with E-state index in [0.717, 1.165) is 29.3 Å². The Kier molecular flexibility index (Phi) is 2.54. The number of carbonyl (C=O) groups is 1. The van der Waals surface area contributed by atoms with E-state index < -0.39 is 5.97 Å². The van der Waals surface area contributed by atoms with E-state index >= 15 is 0 Å². The van der Waals surface area contributed by atoms with E-state index in [1.807, 2.05) is 6.92 Å². The average Bonchev–Trinajstić information content (AvgIpc) is 2.68. The molecule has 4 aliphatic carbocycles. The van der Waals surface area contributed by atoms with Crippen molar-refractivity contribution in [3.8, 4) is 0 Å². The van der Waals surface area contributed by atoms with Crippen LogP contribution in [0.1, 0.15) is 50.0 Å². The lowest BCUT2D eigenvalue weighted by molar-refractivity contribution is -0.136. The Labute approximate surface area is 119 Å². The molecule has 0 atom stereocenters. The van der Waals surface area contributed by atoms with Crippen LogP contribution in [0.3, 0.4) is 0 Å². The zero-order chi connectivity index (χ0) is 13.9. The van der Waals surface area contributed by atoms with Crippen LogP contribution in [-0.4, -0.2) is 20.6 Å². The summed E-state index contributed by atoms with van der Waals surface area (Å²) in [6, 6.07) is 0. The van der Waals surface area contributed by atoms with E-state index in [1.165, 1.54) is 38.5 Å². The van der Waals surface area contributed by atoms with Crippen molar-refractivity contribution in [2.75, 3.05) is 0 Å². The average molecular weight is 274 g/mol. The number of carboxylic acid groups (broad SMARTS) is 1. The van der Waals surface area contributed by atoms with Crippen LogP contribution in [0.2, 0.25) is 0 Å². The van der Waals surface area contributed by atoms with Gasteiger partial charge in [0.25, 0.3) is 0 Å². The summed E-state index contributed by atoms with van der Waals surface area (Å²) in [6.07, 6.45) is 9.81. The zero-order valence-electron chi connectivity index (χ0n) is 12.0. The standard InChI is InChI=1S/C16H22N2O2/c1-10-17-9-14(5-15(19)20)18(10)16-6-11-2-12(7-16)4-13(3-11)8-16/h9,11-13H,2-8H2,1H3,(H,19,20). The highest BCUT2D eigenvalue weighted by molar-refractivity contribution is 5.69. The van der Waals surface area contributed by atoms with Gasteiger partial charge in [0.05, 0.1) is 6.42 Å². The predicted octanol–water partition coefficient (Wildman–Crippen LogP) is 2.74. The summed E-state index contributed by atoms with van der Waals surface area (Å²) in [5, 5.41) is 9.14. The summed E-state index contributed by atoms with van der Waals surface area (Å²) < 4.78 is 2.31. The first kappa shape index (κ1) is 12.4. The van der Waals surface area contributed by atoms with Crippen LogP contribution < -0.4 is 0 Å². The largest absolute Gasteiger partial charge is 0.481 e. The minimum Gasteiger partial charge on any atom is -0.481 e. The molecule has 4 nitrogen and oxygen atoms in total. The van der Waals surface area contributed by atoms with Crippen molar-refractivity contribution in [3.05, 3.63) is 17.7 Å². The van der Waals surface area contributed by atoms with Gasteiger partial charge in [0.15, 0.2) is 0 Å². The molecular weight excluding hydrogens is 252 g/mol. The van der Waals surface area contributed by atoms with Crippen LogP contribution in [0.15, 0.2) is 6.20 Å². The monoisotopic (exact) mass is 274 g/mol. The Morgan fingerprint density at radius 2 is 1.85 bits per heavy atom. The van der Waals surface area contributed by atoms with E-state index in [4.69, 9.17) is 5.11 Å². The number of aryl methyl sites for hydroxylation is 1. The van der Waals surface area contributed by atoms with Crippen LogP contribution in [0.5, 0.6) is 0 Å². The van der Waals surface area contributed by atoms with Crippen LogP contribution >= 0.6 is 0 Å². The van der Waals surface area contributed by atoms with Crippen molar-refractivity contribution < 1.29 is 9.90 Å². The Hall–Kier alpha value is -1.32. The number of aromatic nitrogens is 2. The molecular formula is C16H22N2O2. The van der Waals surface area contributed by atoms with Crippen molar-refractivity contribution in [3.63, 3.8) is 0 Å². The summed E-state index contributed by atoms with van der Waals surface area (Å²) in [7, 11) is 0. The lowest BCUT2D eigenvalue weighted by atomic mass is 9.53. The molecule has 1 aromatic rings. The molecule has 4 aliphatic rings. The van der Waals surface area contributed by atoms with Gasteiger partial charge in [-0.25, -0.2) is 4.98 Å². The molecule has 4 saturated carbocycles. The Bertz CT molecular complexity index is 526. The minimum atomic E-state index is -0.754. The number of hydrogen-bond donors (Lipinski definition) is 1. The highest BCUT2D eigenvalue weighted by Crippen LogP contribution is 2.59. The van der Waals surface area contributed by atoms with Gasteiger partial charge in [-0.1, -0.05) is 0 Å². The molecule has 0 aromatic carbocycles. The second-order valence-corrected chi connectivity index (χ2v) is 7.34. The molecule has 0 aliphatic heterocycles. The molecule has 4 heteroatoms. The quantitative estimate of drug-likeness (QED) is 0.922. The maximum Gasteiger partial charge on any atom is 0.309 e. The fourth-order valence-corrected chi connectivity index (χ4v) is 5.76. The summed E-state index contributed by atoms with van der Waals surface area (Å²) in [6.45, 7) is 2.03. The maximum absolute atomic E-state index is 11.1. The van der Waals surface area contributed by atoms with Gasteiger partial charge in [0.1, 0.15) is 5.82 Å². The second-order valence-electron chi connectivity index (χ2n) is 7.34. The molecule has 1 heterocycles. The fourth-order valence-electron chi connectivity index (χ4n) is 5.76. The maximum atomic E-state index is 11.1. The van der Waals surface area contributed by atoms with Gasteiger partial charge in [0, 0.05) is 17.4 Å². The Balaban J connectivity index is 1.77. The first-order valence-corrected chi connectivity index (χ1v) is 7.81. The fraction of sp³-hybridized carbons (Fsp3) is 0.750. The van der Waals surface area contributed by atoms with Gasteiger partial charge in [-0.2, -0.15) is 0 Å². The Morgan fingerprint density at radius 1 is 1.30 bits per heavy atom. The van der Waals surface area contributed by atoms with Crippen LogP contribution in [-0.2, 0) is 16.8 Å². The number of hydrogen-bond acceptors (Lipinski definition) is 2. The Morgan fingerprint density at radius 3 is 2.35 bits per heavy atom. The number of imidazole rings is 1. The molecule has 0 spiro atoms. The van der Waals surface area contributed by atoms with Gasteiger partial charge >= 0.3 is 5.97 Å². The zero-order valence-corrected chi connectivity index (χ0v) is 12.0. The lowest BCUT2D eigenvalue weighted by Crippen LogP contribution is -2.52. The summed E-state index contributed by atoms with van der Waals surface area (Å²) in [5.74, 6) is 2.83. The third-order valence-corrected chi connectivity index (χ3v) is 5.82. The van der Waals surface area contributed by atoms with Crippen LogP contribution in [0, 0.1) is 24.7 Å². The van der Waals surface area contributed by atoms with E-state index in [-0.39, 0.29) is 12.0 Å². The number of nitrogens with zero attached hydrogens (tertiary/aromatic N) is 2. The minimum absolute atomic E-state index is 0.0998. The summed E-state index contributed by atoms with van der Waals surface area (Å²) in [4.78, 5) is 15.5. The summed E-state index contributed by atoms with van der Waals surface area (Å²) in [5.41, 5.74) is 1.08. The molecule has 20 heavy (non-hydrogen) atoms. The van der Waals surface area contributed by atoms with Crippen molar-refractivity contribution in [2.45, 2.75) is 57.4 Å². The van der Waals surface area contributed by atoms with E-state index in [0.29, 0.717) is 0 Å². The van der Waals surface area contributed by atoms with Gasteiger partial charge in [-0.15, -0.1) is 0 Å². The molecule has 0 amide bonds. The third-order valence-electron chi connectivity index (χ3n) is 5.82. The molecule has 0 radical (unpaired) electrons. The topological polar surface area (TPSA) is 55.1 Å². The van der Waals surface area contributed by atoms with Crippen LogP contribution in [0.25, 0.3) is 0 Å². The smallest absolute Gasteiger partial charge is 0.309 e. The van der Waals surface area contributed by atoms with Gasteiger partial charge in [-0.05, 0) is 63.2 Å². The number of rotatable bonds is 3. The first-order chi connectivity index (χ1) is 9.56. The molecule has 108 valence electrons. The van der Waals surface area contributed by atoms with E-state index in [1.54, 1.807) is 6.20 Å². The highest BCUT2D eigenvalue weighted by atomic mass is 16.4. The lowest BCUT2D eigenvalue weighted by Gasteiger charge is -2.57. The summed E-state index contributed by atoms with van der Waals surface area (Å²) >= 11 is 0. The third kappa shape index (κ3) is 1.73. The first-order valence-electron chi connectivity index (χ1n) is 7.81. The van der Waals surface area contributed by atoms with Gasteiger partial charge in [0.2, 0.25) is 0 Å². The van der Waals surface area contributed by atoms with Crippen molar-refractivity contribution >= 4 is 5.97 Å². The molecule has 4 fully saturated rings. The van der Waals surface area contributed by atoms with Crippen LogP contribution in [0.4, 0.5) is 0 Å². The molecule has 1 aromatic heterocycles. The molecule has 0 saturated heterocycles. The van der Waals surface area contributed by atoms with E-state index in [9.17, 15) is 4.79 Å². The van der Waals surface area contributed by atoms with Gasteiger partial charge in [-0.3, -0.25) is 4.79 Å². The van der Waals surface area contributed by atoms with Gasteiger partial charge < -0.3 is 9.67 Å². The molecule has 1 N–H and O–H groups in total. The number of carboxylic acids is 1. The van der Waals surface area contributed by atoms with E-state index in [2.05, 4.69) is 9.55 Å². The van der Waals surface area contributed by atoms with Crippen molar-refractivity contribution in [2.24, 2.45) is 17.8 Å². The predicted molar refractivity (Wildman–Crippen MR) is 74.4 cm³/mol. The van der Waals surface area contributed by atoms with Crippen molar-refractivity contribution in [1.82, 2.24) is 9.55 Å². The molecule has 0 unspecified atom stereocenters.